The number of ether oxygens (including phenoxy) is 2. The molecule has 3 rings (SSSR count). The lowest BCUT2D eigenvalue weighted by Gasteiger charge is -2.25. The number of ketones is 1. The Morgan fingerprint density at radius 2 is 1.63 bits per heavy atom. The van der Waals surface area contributed by atoms with Gasteiger partial charge in [0, 0.05) is 34.3 Å². The molecular weight excluding hydrogens is 389 g/mol. The summed E-state index contributed by atoms with van der Waals surface area (Å²) < 4.78 is 10.5. The third-order valence-corrected chi connectivity index (χ3v) is 4.67. The molecule has 1 aliphatic heterocycles. The molecule has 7 heteroatoms. The van der Waals surface area contributed by atoms with Crippen molar-refractivity contribution < 1.29 is 19.1 Å². The molecule has 2 aromatic rings. The maximum absolute atomic E-state index is 12.3. The van der Waals surface area contributed by atoms with Gasteiger partial charge in [0.05, 0.1) is 13.2 Å². The van der Waals surface area contributed by atoms with Gasteiger partial charge in [-0.25, -0.2) is 4.79 Å². The van der Waals surface area contributed by atoms with Crippen molar-refractivity contribution in [3.8, 4) is 5.75 Å². The quantitative estimate of drug-likeness (QED) is 0.545. The van der Waals surface area contributed by atoms with Crippen LogP contribution in [0, 0.1) is 0 Å². The van der Waals surface area contributed by atoms with E-state index in [1.54, 1.807) is 53.4 Å². The van der Waals surface area contributed by atoms with Crippen LogP contribution in [0.5, 0.6) is 5.75 Å². The molecule has 1 aliphatic rings. The lowest BCUT2D eigenvalue weighted by atomic mass is 10.1. The molecule has 0 saturated carbocycles. The molecule has 0 aliphatic carbocycles. The van der Waals surface area contributed by atoms with E-state index in [-0.39, 0.29) is 5.78 Å². The van der Waals surface area contributed by atoms with Gasteiger partial charge in [0.2, 0.25) is 0 Å². The number of allylic oxidation sites excluding steroid dienone is 1. The van der Waals surface area contributed by atoms with Crippen molar-refractivity contribution >= 4 is 41.2 Å². The van der Waals surface area contributed by atoms with Crippen molar-refractivity contribution in [3.63, 3.8) is 0 Å². The first-order chi connectivity index (χ1) is 13.0. The number of rotatable bonds is 4. The number of nitrogens with zero attached hydrogens (tertiary/aromatic N) is 1. The molecule has 0 N–H and O–H groups in total. The summed E-state index contributed by atoms with van der Waals surface area (Å²) in [5.74, 6) is 0.165. The Balaban J connectivity index is 1.63. The standard InChI is InChI=1S/C20H17Cl2NO4/c21-17-2-1-3-18(22)16(17)8-9-19(24)14-4-6-15(7-5-14)27-20(25)23-10-12-26-13-11-23/h1-9H,10-13H2/b9-8+. The Kier molecular flexibility index (Phi) is 6.50. The summed E-state index contributed by atoms with van der Waals surface area (Å²) in [6.07, 6.45) is 2.56. The predicted molar refractivity (Wildman–Crippen MR) is 105 cm³/mol. The van der Waals surface area contributed by atoms with Crippen molar-refractivity contribution in [2.24, 2.45) is 0 Å². The van der Waals surface area contributed by atoms with Crippen LogP contribution in [0.4, 0.5) is 4.79 Å². The zero-order valence-electron chi connectivity index (χ0n) is 14.4. The van der Waals surface area contributed by atoms with Crippen LogP contribution >= 0.6 is 23.2 Å². The van der Waals surface area contributed by atoms with E-state index < -0.39 is 6.09 Å². The van der Waals surface area contributed by atoms with Crippen LogP contribution in [-0.2, 0) is 4.74 Å². The van der Waals surface area contributed by atoms with E-state index in [0.717, 1.165) is 0 Å². The predicted octanol–water partition coefficient (Wildman–Crippen LogP) is 4.72. The van der Waals surface area contributed by atoms with Crippen molar-refractivity contribution in [1.82, 2.24) is 4.90 Å². The monoisotopic (exact) mass is 405 g/mol. The van der Waals surface area contributed by atoms with Crippen molar-refractivity contribution in [2.45, 2.75) is 0 Å². The third kappa shape index (κ3) is 5.10. The Hall–Kier alpha value is -2.34. The number of morpholine rings is 1. The molecule has 27 heavy (non-hydrogen) atoms. The fourth-order valence-electron chi connectivity index (χ4n) is 2.52. The Morgan fingerprint density at radius 1 is 1.00 bits per heavy atom. The molecule has 0 radical (unpaired) electrons. The topological polar surface area (TPSA) is 55.8 Å². The third-order valence-electron chi connectivity index (χ3n) is 4.01. The molecule has 140 valence electrons. The van der Waals surface area contributed by atoms with Gasteiger partial charge < -0.3 is 14.4 Å². The van der Waals surface area contributed by atoms with Gasteiger partial charge in [-0.2, -0.15) is 0 Å². The van der Waals surface area contributed by atoms with Crippen LogP contribution in [0.2, 0.25) is 10.0 Å². The smallest absolute Gasteiger partial charge is 0.410 e. The summed E-state index contributed by atoms with van der Waals surface area (Å²) in [7, 11) is 0. The number of hydrogen-bond acceptors (Lipinski definition) is 4. The fourth-order valence-corrected chi connectivity index (χ4v) is 3.05. The Labute approximate surface area is 167 Å². The SMILES string of the molecule is O=C(/C=C/c1c(Cl)cccc1Cl)c1ccc(OC(=O)N2CCOCC2)cc1. The molecule has 0 unspecified atom stereocenters. The summed E-state index contributed by atoms with van der Waals surface area (Å²) in [6, 6.07) is 11.5. The van der Waals surface area contributed by atoms with E-state index in [1.807, 2.05) is 0 Å². The van der Waals surface area contributed by atoms with Gasteiger partial charge in [0.15, 0.2) is 5.78 Å². The normalized spacial score (nSPS) is 14.4. The highest BCUT2D eigenvalue weighted by atomic mass is 35.5. The van der Waals surface area contributed by atoms with Gasteiger partial charge >= 0.3 is 6.09 Å². The van der Waals surface area contributed by atoms with Crippen LogP contribution in [0.25, 0.3) is 6.08 Å². The first kappa shape index (κ1) is 19.4. The lowest BCUT2D eigenvalue weighted by Crippen LogP contribution is -2.42. The number of amides is 1. The Morgan fingerprint density at radius 3 is 2.26 bits per heavy atom. The average molecular weight is 406 g/mol. The second-order valence-corrected chi connectivity index (χ2v) is 6.64. The molecule has 2 aromatic carbocycles. The van der Waals surface area contributed by atoms with E-state index in [1.165, 1.54) is 6.08 Å². The van der Waals surface area contributed by atoms with Crippen molar-refractivity contribution in [3.05, 3.63) is 69.7 Å². The number of benzene rings is 2. The first-order valence-corrected chi connectivity index (χ1v) is 9.11. The van der Waals surface area contributed by atoms with E-state index >= 15 is 0 Å². The van der Waals surface area contributed by atoms with Crippen molar-refractivity contribution in [1.29, 1.82) is 0 Å². The van der Waals surface area contributed by atoms with Crippen LogP contribution in [0.15, 0.2) is 48.5 Å². The zero-order valence-corrected chi connectivity index (χ0v) is 15.9. The van der Waals surface area contributed by atoms with Gasteiger partial charge in [0.25, 0.3) is 0 Å². The number of carbonyl (C=O) groups excluding carboxylic acids is 2. The van der Waals surface area contributed by atoms with Gasteiger partial charge in [-0.15, -0.1) is 0 Å². The first-order valence-electron chi connectivity index (χ1n) is 8.35. The van der Waals surface area contributed by atoms with Crippen LogP contribution in [0.1, 0.15) is 15.9 Å². The van der Waals surface area contributed by atoms with Crippen LogP contribution < -0.4 is 4.74 Å². The highest BCUT2D eigenvalue weighted by Gasteiger charge is 2.18. The highest BCUT2D eigenvalue weighted by Crippen LogP contribution is 2.25. The lowest BCUT2D eigenvalue weighted by molar-refractivity contribution is 0.0416. The minimum atomic E-state index is -0.425. The molecule has 1 saturated heterocycles. The van der Waals surface area contributed by atoms with Crippen LogP contribution in [0.3, 0.4) is 0 Å². The minimum Gasteiger partial charge on any atom is -0.410 e. The molecule has 1 heterocycles. The Bertz CT molecular complexity index is 839. The summed E-state index contributed by atoms with van der Waals surface area (Å²) in [5.41, 5.74) is 1.05. The maximum Gasteiger partial charge on any atom is 0.415 e. The van der Waals surface area contributed by atoms with E-state index in [4.69, 9.17) is 32.7 Å². The zero-order chi connectivity index (χ0) is 19.2. The average Bonchev–Trinajstić information content (AvgIpc) is 2.68. The largest absolute Gasteiger partial charge is 0.415 e. The number of hydrogen-bond donors (Lipinski definition) is 0. The summed E-state index contributed by atoms with van der Waals surface area (Å²) >= 11 is 12.2. The van der Waals surface area contributed by atoms with Gasteiger partial charge in [-0.3, -0.25) is 4.79 Å². The molecular formula is C20H17Cl2NO4. The second kappa shape index (κ2) is 9.04. The van der Waals surface area contributed by atoms with E-state index in [2.05, 4.69) is 0 Å². The van der Waals surface area contributed by atoms with Crippen molar-refractivity contribution in [2.75, 3.05) is 26.3 Å². The van der Waals surface area contributed by atoms with Gasteiger partial charge in [-0.1, -0.05) is 29.3 Å². The van der Waals surface area contributed by atoms with Gasteiger partial charge in [-0.05, 0) is 48.6 Å². The number of carbonyl (C=O) groups is 2. The molecule has 5 nitrogen and oxygen atoms in total. The second-order valence-electron chi connectivity index (χ2n) is 5.82. The summed E-state index contributed by atoms with van der Waals surface area (Å²) in [6.45, 7) is 2.02. The summed E-state index contributed by atoms with van der Waals surface area (Å²) in [5, 5.41) is 0.939. The highest BCUT2D eigenvalue weighted by molar-refractivity contribution is 6.37. The van der Waals surface area contributed by atoms with E-state index in [9.17, 15) is 9.59 Å². The molecule has 1 fully saturated rings. The summed E-state index contributed by atoms with van der Waals surface area (Å²) in [4.78, 5) is 26.0. The van der Waals surface area contributed by atoms with Crippen LogP contribution in [-0.4, -0.2) is 43.1 Å². The molecule has 0 atom stereocenters. The number of halogens is 2. The minimum absolute atomic E-state index is 0.211. The molecule has 0 bridgehead atoms. The van der Waals surface area contributed by atoms with E-state index in [0.29, 0.717) is 53.2 Å². The molecule has 1 amide bonds. The van der Waals surface area contributed by atoms with Gasteiger partial charge in [0.1, 0.15) is 5.75 Å². The molecule has 0 spiro atoms. The molecule has 0 aromatic heterocycles. The maximum atomic E-state index is 12.3. The fraction of sp³-hybridized carbons (Fsp3) is 0.200.